The van der Waals surface area contributed by atoms with Crippen LogP contribution < -0.4 is 24.4 Å². The van der Waals surface area contributed by atoms with Crippen LogP contribution in [0.4, 0.5) is 5.69 Å². The van der Waals surface area contributed by atoms with Gasteiger partial charge in [-0.3, -0.25) is 14.9 Å². The number of hydrogen-bond acceptors (Lipinski definition) is 9. The molecule has 11 nitrogen and oxygen atoms in total. The molecule has 0 spiro atoms. The number of benzene rings is 3. The van der Waals surface area contributed by atoms with Gasteiger partial charge < -0.3 is 18.9 Å². The van der Waals surface area contributed by atoms with E-state index < -0.39 is 16.8 Å². The molecule has 0 aromatic heterocycles. The van der Waals surface area contributed by atoms with Gasteiger partial charge in [-0.15, -0.1) is 0 Å². The monoisotopic (exact) mass is 493 g/mol. The van der Waals surface area contributed by atoms with E-state index in [1.54, 1.807) is 37.3 Å². The molecule has 1 N–H and O–H groups in total. The minimum Gasteiger partial charge on any atom is -0.493 e. The number of carbonyl (C=O) groups is 2. The van der Waals surface area contributed by atoms with E-state index in [0.29, 0.717) is 29.4 Å². The molecule has 11 heteroatoms. The molecular formula is C25H23N3O8. The van der Waals surface area contributed by atoms with Crippen LogP contribution in [0.2, 0.25) is 0 Å². The molecule has 0 aliphatic rings. The number of nitro groups is 1. The van der Waals surface area contributed by atoms with E-state index in [4.69, 9.17) is 18.9 Å². The summed E-state index contributed by atoms with van der Waals surface area (Å²) in [5.41, 5.74) is 3.26. The molecule has 0 saturated heterocycles. The maximum Gasteiger partial charge on any atom is 0.343 e. The summed E-state index contributed by atoms with van der Waals surface area (Å²) in [6, 6.07) is 14.6. The van der Waals surface area contributed by atoms with E-state index in [2.05, 4.69) is 10.5 Å². The van der Waals surface area contributed by atoms with Gasteiger partial charge in [-0.1, -0.05) is 0 Å². The predicted octanol–water partition coefficient (Wildman–Crippen LogP) is 3.99. The van der Waals surface area contributed by atoms with Crippen LogP contribution in [0.5, 0.6) is 23.0 Å². The van der Waals surface area contributed by atoms with Crippen molar-refractivity contribution < 1.29 is 33.5 Å². The van der Waals surface area contributed by atoms with E-state index in [-0.39, 0.29) is 22.6 Å². The number of rotatable bonds is 10. The molecule has 186 valence electrons. The molecule has 0 atom stereocenters. The zero-order chi connectivity index (χ0) is 26.1. The third kappa shape index (κ3) is 6.35. The molecule has 0 fully saturated rings. The maximum atomic E-state index is 12.7. The number of hydrazone groups is 1. The molecule has 0 aliphatic heterocycles. The number of carbonyl (C=O) groups excluding carboxylic acids is 2. The van der Waals surface area contributed by atoms with Crippen molar-refractivity contribution in [3.05, 3.63) is 87.5 Å². The lowest BCUT2D eigenvalue weighted by atomic mass is 10.2. The number of ether oxygens (including phenoxy) is 4. The number of esters is 1. The van der Waals surface area contributed by atoms with Crippen LogP contribution >= 0.6 is 0 Å². The fourth-order valence-corrected chi connectivity index (χ4v) is 3.04. The second-order valence-corrected chi connectivity index (χ2v) is 7.10. The molecule has 36 heavy (non-hydrogen) atoms. The van der Waals surface area contributed by atoms with Crippen molar-refractivity contribution in [1.29, 1.82) is 0 Å². The van der Waals surface area contributed by atoms with Gasteiger partial charge in [0.05, 0.1) is 37.5 Å². The minimum atomic E-state index is -0.617. The lowest BCUT2D eigenvalue weighted by molar-refractivity contribution is -0.384. The molecule has 3 rings (SSSR count). The molecule has 3 aromatic rings. The Bertz CT molecular complexity index is 1290. The molecule has 3 aromatic carbocycles. The van der Waals surface area contributed by atoms with Crippen LogP contribution in [0, 0.1) is 10.1 Å². The van der Waals surface area contributed by atoms with Crippen molar-refractivity contribution in [2.45, 2.75) is 6.92 Å². The Hall–Kier alpha value is -4.93. The van der Waals surface area contributed by atoms with E-state index >= 15 is 0 Å². The van der Waals surface area contributed by atoms with Gasteiger partial charge in [-0.2, -0.15) is 5.10 Å². The number of methoxy groups -OCH3 is 2. The molecular weight excluding hydrogens is 470 g/mol. The molecule has 0 heterocycles. The summed E-state index contributed by atoms with van der Waals surface area (Å²) in [5.74, 6) is 0.216. The van der Waals surface area contributed by atoms with Crippen molar-refractivity contribution in [1.82, 2.24) is 5.43 Å². The van der Waals surface area contributed by atoms with E-state index in [1.165, 1.54) is 50.8 Å². The van der Waals surface area contributed by atoms with E-state index in [1.807, 2.05) is 0 Å². The molecule has 0 bridgehead atoms. The van der Waals surface area contributed by atoms with Crippen LogP contribution in [0.25, 0.3) is 0 Å². The number of amides is 1. The maximum absolute atomic E-state index is 12.7. The first kappa shape index (κ1) is 25.7. The normalized spacial score (nSPS) is 10.5. The Morgan fingerprint density at radius 2 is 1.58 bits per heavy atom. The van der Waals surface area contributed by atoms with Crippen LogP contribution in [-0.2, 0) is 0 Å². The second kappa shape index (κ2) is 12.0. The van der Waals surface area contributed by atoms with Gasteiger partial charge in [-0.05, 0) is 61.0 Å². The number of nitrogens with one attached hydrogen (secondary N) is 1. The van der Waals surface area contributed by atoms with Gasteiger partial charge in [-0.25, -0.2) is 10.2 Å². The van der Waals surface area contributed by atoms with Crippen LogP contribution in [0.15, 0.2) is 65.8 Å². The highest BCUT2D eigenvalue weighted by Crippen LogP contribution is 2.31. The highest BCUT2D eigenvalue weighted by molar-refractivity contribution is 5.95. The topological polar surface area (TPSA) is 139 Å². The van der Waals surface area contributed by atoms with Crippen LogP contribution in [0.3, 0.4) is 0 Å². The minimum absolute atomic E-state index is 0.120. The average Bonchev–Trinajstić information content (AvgIpc) is 2.89. The molecule has 0 radical (unpaired) electrons. The Labute approximate surface area is 206 Å². The highest BCUT2D eigenvalue weighted by atomic mass is 16.6. The Balaban J connectivity index is 1.70. The summed E-state index contributed by atoms with van der Waals surface area (Å²) in [5, 5.41) is 14.6. The summed E-state index contributed by atoms with van der Waals surface area (Å²) in [6.07, 6.45) is 1.38. The second-order valence-electron chi connectivity index (χ2n) is 7.10. The number of non-ortho nitro benzene ring substituents is 1. The van der Waals surface area contributed by atoms with Crippen molar-refractivity contribution in [2.24, 2.45) is 5.10 Å². The van der Waals surface area contributed by atoms with Gasteiger partial charge >= 0.3 is 5.97 Å². The first-order valence-corrected chi connectivity index (χ1v) is 10.6. The van der Waals surface area contributed by atoms with Crippen molar-refractivity contribution >= 4 is 23.8 Å². The highest BCUT2D eigenvalue weighted by Gasteiger charge is 2.16. The molecule has 0 unspecified atom stereocenters. The largest absolute Gasteiger partial charge is 0.493 e. The van der Waals surface area contributed by atoms with Crippen LogP contribution in [-0.4, -0.2) is 43.8 Å². The SMILES string of the molecule is CCOc1cc(C=NNC(=O)c2ccc([N+](=O)[O-])cc2)ccc1OC(=O)c1ccc(OC)c(OC)c1. The Morgan fingerprint density at radius 1 is 0.917 bits per heavy atom. The summed E-state index contributed by atoms with van der Waals surface area (Å²) in [7, 11) is 2.96. The standard InChI is InChI=1S/C25H23N3O8/c1-4-35-23-13-16(15-26-27-24(29)17-6-9-19(10-7-17)28(31)32)5-11-21(23)36-25(30)18-8-12-20(33-2)22(14-18)34-3/h5-15H,4H2,1-3H3,(H,27,29). The van der Waals surface area contributed by atoms with Gasteiger partial charge in [0.15, 0.2) is 23.0 Å². The number of hydrogen-bond donors (Lipinski definition) is 1. The summed E-state index contributed by atoms with van der Waals surface area (Å²) < 4.78 is 21.5. The quantitative estimate of drug-likeness (QED) is 0.147. The average molecular weight is 493 g/mol. The first-order valence-electron chi connectivity index (χ1n) is 10.6. The fraction of sp³-hybridized carbons (Fsp3) is 0.160. The van der Waals surface area contributed by atoms with E-state index in [9.17, 15) is 19.7 Å². The van der Waals surface area contributed by atoms with Gasteiger partial charge in [0.2, 0.25) is 0 Å². The zero-order valence-electron chi connectivity index (χ0n) is 19.7. The number of nitrogens with zero attached hydrogens (tertiary/aromatic N) is 2. The summed E-state index contributed by atoms with van der Waals surface area (Å²) >= 11 is 0. The van der Waals surface area contributed by atoms with Crippen molar-refractivity contribution in [3.8, 4) is 23.0 Å². The fourth-order valence-electron chi connectivity index (χ4n) is 3.04. The van der Waals surface area contributed by atoms with Crippen molar-refractivity contribution in [2.75, 3.05) is 20.8 Å². The van der Waals surface area contributed by atoms with Crippen molar-refractivity contribution in [3.63, 3.8) is 0 Å². The lowest BCUT2D eigenvalue weighted by Gasteiger charge is -2.12. The van der Waals surface area contributed by atoms with Gasteiger partial charge in [0.1, 0.15) is 0 Å². The smallest absolute Gasteiger partial charge is 0.343 e. The zero-order valence-corrected chi connectivity index (χ0v) is 19.7. The molecule has 1 amide bonds. The predicted molar refractivity (Wildman–Crippen MR) is 130 cm³/mol. The third-order valence-electron chi connectivity index (χ3n) is 4.81. The first-order chi connectivity index (χ1) is 17.4. The molecule has 0 aliphatic carbocycles. The Morgan fingerprint density at radius 3 is 2.22 bits per heavy atom. The van der Waals surface area contributed by atoms with Crippen LogP contribution in [0.1, 0.15) is 33.2 Å². The Kier molecular flexibility index (Phi) is 8.54. The lowest BCUT2D eigenvalue weighted by Crippen LogP contribution is -2.17. The van der Waals surface area contributed by atoms with E-state index in [0.717, 1.165) is 0 Å². The van der Waals surface area contributed by atoms with Gasteiger partial charge in [0, 0.05) is 17.7 Å². The van der Waals surface area contributed by atoms with Gasteiger partial charge in [0.25, 0.3) is 11.6 Å². The third-order valence-corrected chi connectivity index (χ3v) is 4.81. The molecule has 0 saturated carbocycles. The number of nitro benzene ring substituents is 1. The summed E-state index contributed by atoms with van der Waals surface area (Å²) in [4.78, 5) is 35.0. The summed E-state index contributed by atoms with van der Waals surface area (Å²) in [6.45, 7) is 2.10.